The van der Waals surface area contributed by atoms with Crippen molar-refractivity contribution in [3.63, 3.8) is 0 Å². The number of carboxylic acids is 1. The normalized spacial score (nSPS) is 13.8. The Morgan fingerprint density at radius 1 is 0.975 bits per heavy atom. The minimum Gasteiger partial charge on any atom is -0.493 e. The molecule has 15 nitrogen and oxygen atoms in total. The van der Waals surface area contributed by atoms with Crippen molar-refractivity contribution in [1.82, 2.24) is 9.97 Å². The molecular weight excluding hydrogens is 530 g/mol. The largest absolute Gasteiger partial charge is 0.493 e. The summed E-state index contributed by atoms with van der Waals surface area (Å²) in [6, 6.07) is 7.60. The van der Waals surface area contributed by atoms with Crippen LogP contribution in [0.15, 0.2) is 24.3 Å². The molecule has 1 heterocycles. The Hall–Kier alpha value is -4.15. The van der Waals surface area contributed by atoms with E-state index in [-0.39, 0.29) is 5.95 Å². The fraction of sp³-hybridized carbons (Fsp3) is 0.400. The molecule has 0 aliphatic rings. The van der Waals surface area contributed by atoms with E-state index in [4.69, 9.17) is 56.3 Å². The van der Waals surface area contributed by atoms with Crippen LogP contribution in [-0.2, 0) is 11.3 Å². The molecule has 220 valence electrons. The number of aryl methyl sites for hydroxylation is 1. The topological polar surface area (TPSA) is 256 Å². The molecule has 0 amide bonds. The molecule has 2 aromatic carbocycles. The third kappa shape index (κ3) is 7.49. The fourth-order valence-electron chi connectivity index (χ4n) is 3.73. The van der Waals surface area contributed by atoms with Crippen molar-refractivity contribution in [2.45, 2.75) is 37.9 Å². The van der Waals surface area contributed by atoms with Crippen LogP contribution in [0.1, 0.15) is 11.1 Å². The number of aliphatic hydroxyl groups is 5. The molecule has 0 bridgehead atoms. The van der Waals surface area contributed by atoms with E-state index in [1.165, 1.54) is 0 Å². The lowest BCUT2D eigenvalue weighted by Crippen LogP contribution is -2.48. The molecule has 0 aliphatic heterocycles. The standard InChI is InChI=1S/C19H23N5O3.C6H12O7/c1-10-11(5-6-13-16(10)18(20)24-19(21)23-13)9-22-12-7-14(25-2)17(27-4)15(8-12)26-3;7-1-2(8)3(9)4(10)5(11)6(12)13/h5-8,22H,9H2,1-4H3,(H4,20,21,23,24);2-5,7-11H,1H2,(H,12,13)/t;2-,3-,4+,5-/m.1/s1. The average Bonchev–Trinajstić information content (AvgIpc) is 2.94. The Labute approximate surface area is 229 Å². The van der Waals surface area contributed by atoms with E-state index in [0.717, 1.165) is 27.7 Å². The van der Waals surface area contributed by atoms with Gasteiger partial charge in [-0.2, -0.15) is 4.98 Å². The number of methoxy groups -OCH3 is 3. The second-order valence-electron chi connectivity index (χ2n) is 8.49. The summed E-state index contributed by atoms with van der Waals surface area (Å²) in [5, 5.41) is 56.0. The molecule has 11 N–H and O–H groups in total. The number of carbonyl (C=O) groups is 1. The lowest BCUT2D eigenvalue weighted by molar-refractivity contribution is -0.164. The number of nitrogens with zero attached hydrogens (tertiary/aromatic N) is 2. The Morgan fingerprint density at radius 2 is 1.57 bits per heavy atom. The third-order valence-corrected chi connectivity index (χ3v) is 5.94. The van der Waals surface area contributed by atoms with Crippen LogP contribution in [0.5, 0.6) is 17.2 Å². The highest BCUT2D eigenvalue weighted by Crippen LogP contribution is 2.40. The summed E-state index contributed by atoms with van der Waals surface area (Å²) in [6.07, 6.45) is -7.84. The average molecular weight is 566 g/mol. The van der Waals surface area contributed by atoms with Gasteiger partial charge in [0, 0.05) is 29.8 Å². The Morgan fingerprint density at radius 3 is 2.08 bits per heavy atom. The van der Waals surface area contributed by atoms with Gasteiger partial charge in [0.05, 0.1) is 33.5 Å². The number of nitrogens with two attached hydrogens (primary N) is 2. The Bertz CT molecular complexity index is 1280. The highest BCUT2D eigenvalue weighted by Gasteiger charge is 2.33. The number of carboxylic acid groups (broad SMARTS) is 1. The van der Waals surface area contributed by atoms with Gasteiger partial charge in [-0.15, -0.1) is 0 Å². The summed E-state index contributed by atoms with van der Waals surface area (Å²) in [5.74, 6) is 0.546. The Balaban J connectivity index is 0.000000366. The molecule has 40 heavy (non-hydrogen) atoms. The molecule has 0 fully saturated rings. The zero-order chi connectivity index (χ0) is 30.1. The molecule has 0 aliphatic carbocycles. The van der Waals surface area contributed by atoms with Gasteiger partial charge in [0.1, 0.15) is 24.1 Å². The third-order valence-electron chi connectivity index (χ3n) is 5.94. The predicted octanol–water partition coefficient (Wildman–Crippen LogP) is -0.753. The lowest BCUT2D eigenvalue weighted by Gasteiger charge is -2.23. The number of hydrogen-bond donors (Lipinski definition) is 9. The van der Waals surface area contributed by atoms with Crippen LogP contribution in [0.4, 0.5) is 17.5 Å². The van der Waals surface area contributed by atoms with Crippen molar-refractivity contribution >= 4 is 34.3 Å². The first kappa shape index (κ1) is 32.1. The van der Waals surface area contributed by atoms with E-state index in [1.807, 2.05) is 31.2 Å². The zero-order valence-electron chi connectivity index (χ0n) is 22.4. The zero-order valence-corrected chi connectivity index (χ0v) is 22.4. The number of rotatable bonds is 11. The number of aliphatic carboxylic acids is 1. The number of benzene rings is 2. The van der Waals surface area contributed by atoms with Gasteiger partial charge in [-0.3, -0.25) is 0 Å². The molecule has 3 aromatic rings. The number of ether oxygens (including phenoxy) is 3. The number of anilines is 3. The van der Waals surface area contributed by atoms with Crippen molar-refractivity contribution in [2.75, 3.05) is 44.7 Å². The maximum atomic E-state index is 10.1. The minimum atomic E-state index is -2.20. The van der Waals surface area contributed by atoms with Gasteiger partial charge in [0.15, 0.2) is 17.6 Å². The van der Waals surface area contributed by atoms with Crippen LogP contribution < -0.4 is 31.0 Å². The molecule has 0 saturated heterocycles. The van der Waals surface area contributed by atoms with E-state index < -0.39 is 37.0 Å². The molecule has 15 heteroatoms. The summed E-state index contributed by atoms with van der Waals surface area (Å²) in [7, 11) is 4.75. The van der Waals surface area contributed by atoms with Gasteiger partial charge in [0.2, 0.25) is 11.7 Å². The van der Waals surface area contributed by atoms with Gasteiger partial charge in [0.25, 0.3) is 0 Å². The summed E-state index contributed by atoms with van der Waals surface area (Å²) < 4.78 is 16.1. The van der Waals surface area contributed by atoms with Crippen LogP contribution >= 0.6 is 0 Å². The van der Waals surface area contributed by atoms with Crippen molar-refractivity contribution in [1.29, 1.82) is 0 Å². The number of aromatic nitrogens is 2. The van der Waals surface area contributed by atoms with Crippen LogP contribution in [0.3, 0.4) is 0 Å². The van der Waals surface area contributed by atoms with Gasteiger partial charge in [-0.25, -0.2) is 9.78 Å². The van der Waals surface area contributed by atoms with Gasteiger partial charge < -0.3 is 61.6 Å². The molecular formula is C25H35N5O10. The van der Waals surface area contributed by atoms with Gasteiger partial charge >= 0.3 is 5.97 Å². The molecule has 0 unspecified atom stereocenters. The quantitative estimate of drug-likeness (QED) is 0.138. The smallest absolute Gasteiger partial charge is 0.335 e. The summed E-state index contributed by atoms with van der Waals surface area (Å²) in [4.78, 5) is 18.4. The molecule has 3 rings (SSSR count). The second-order valence-corrected chi connectivity index (χ2v) is 8.49. The fourth-order valence-corrected chi connectivity index (χ4v) is 3.73. The van der Waals surface area contributed by atoms with E-state index in [0.29, 0.717) is 29.6 Å². The SMILES string of the molecule is COc1cc(NCc2ccc3nc(N)nc(N)c3c2C)cc(OC)c1OC.O=C(O)[C@H](O)[C@@H](O)[C@H](O)[C@H](O)CO. The van der Waals surface area contributed by atoms with Crippen molar-refractivity contribution in [3.05, 3.63) is 35.4 Å². The number of fused-ring (bicyclic) bond motifs is 1. The first-order valence-electron chi connectivity index (χ1n) is 11.8. The van der Waals surface area contributed by atoms with E-state index in [1.54, 1.807) is 21.3 Å². The monoisotopic (exact) mass is 565 g/mol. The summed E-state index contributed by atoms with van der Waals surface area (Å²) in [6.45, 7) is 1.72. The Kier molecular flexibility index (Phi) is 11.5. The number of nitrogens with one attached hydrogen (secondary N) is 1. The number of nitrogen functional groups attached to an aromatic ring is 2. The van der Waals surface area contributed by atoms with Crippen LogP contribution in [0, 0.1) is 6.92 Å². The lowest BCUT2D eigenvalue weighted by atomic mass is 10.0. The summed E-state index contributed by atoms with van der Waals surface area (Å²) >= 11 is 0. The van der Waals surface area contributed by atoms with E-state index in [2.05, 4.69) is 15.3 Å². The van der Waals surface area contributed by atoms with E-state index >= 15 is 0 Å². The molecule has 1 aromatic heterocycles. The highest BCUT2D eigenvalue weighted by atomic mass is 16.5. The van der Waals surface area contributed by atoms with Gasteiger partial charge in [-0.1, -0.05) is 6.07 Å². The van der Waals surface area contributed by atoms with Crippen LogP contribution in [0.2, 0.25) is 0 Å². The molecule has 0 saturated carbocycles. The van der Waals surface area contributed by atoms with Crippen molar-refractivity contribution < 1.29 is 49.6 Å². The number of aliphatic hydroxyl groups excluding tert-OH is 5. The van der Waals surface area contributed by atoms with Crippen molar-refractivity contribution in [2.24, 2.45) is 0 Å². The maximum Gasteiger partial charge on any atom is 0.335 e. The maximum absolute atomic E-state index is 10.1. The highest BCUT2D eigenvalue weighted by molar-refractivity contribution is 5.92. The van der Waals surface area contributed by atoms with Crippen LogP contribution in [0.25, 0.3) is 10.9 Å². The second kappa shape index (κ2) is 14.3. The molecule has 0 radical (unpaired) electrons. The van der Waals surface area contributed by atoms with E-state index in [9.17, 15) is 4.79 Å². The first-order valence-corrected chi connectivity index (χ1v) is 11.8. The predicted molar refractivity (Wildman–Crippen MR) is 145 cm³/mol. The summed E-state index contributed by atoms with van der Waals surface area (Å²) in [5.41, 5.74) is 15.4. The molecule has 0 spiro atoms. The van der Waals surface area contributed by atoms with Crippen LogP contribution in [-0.4, -0.2) is 98.9 Å². The first-order chi connectivity index (χ1) is 18.9. The van der Waals surface area contributed by atoms with Gasteiger partial charge in [-0.05, 0) is 24.1 Å². The molecule has 4 atom stereocenters. The van der Waals surface area contributed by atoms with Crippen molar-refractivity contribution in [3.8, 4) is 17.2 Å². The minimum absolute atomic E-state index is 0.169. The number of hydrogen-bond acceptors (Lipinski definition) is 14.